The third kappa shape index (κ3) is 2.29. The summed E-state index contributed by atoms with van der Waals surface area (Å²) in [4.78, 5) is 4.61. The van der Waals surface area contributed by atoms with Gasteiger partial charge in [-0.2, -0.15) is 0 Å². The van der Waals surface area contributed by atoms with Crippen molar-refractivity contribution in [3.05, 3.63) is 78.4 Å². The van der Waals surface area contributed by atoms with Crippen LogP contribution in [0.1, 0.15) is 5.56 Å². The van der Waals surface area contributed by atoms with Crippen molar-refractivity contribution in [2.24, 2.45) is 0 Å². The van der Waals surface area contributed by atoms with Gasteiger partial charge < -0.3 is 4.42 Å². The summed E-state index contributed by atoms with van der Waals surface area (Å²) in [6.45, 7) is 2.09. The van der Waals surface area contributed by atoms with Gasteiger partial charge in [0.05, 0.1) is 0 Å². The van der Waals surface area contributed by atoms with Crippen LogP contribution < -0.4 is 0 Å². The molecule has 0 unspecified atom stereocenters. The van der Waals surface area contributed by atoms with E-state index in [9.17, 15) is 0 Å². The van der Waals surface area contributed by atoms with Crippen LogP contribution >= 0.6 is 0 Å². The molecule has 0 saturated heterocycles. The van der Waals surface area contributed by atoms with E-state index in [0.29, 0.717) is 5.89 Å². The lowest BCUT2D eigenvalue weighted by atomic mass is 10.0. The molecule has 2 nitrogen and oxygen atoms in total. The summed E-state index contributed by atoms with van der Waals surface area (Å²) in [6.07, 6.45) is 0. The molecule has 22 heavy (non-hydrogen) atoms. The fraction of sp³-hybridized carbons (Fsp3) is 0.0500. The van der Waals surface area contributed by atoms with Crippen molar-refractivity contribution in [3.63, 3.8) is 0 Å². The van der Waals surface area contributed by atoms with Gasteiger partial charge >= 0.3 is 0 Å². The van der Waals surface area contributed by atoms with E-state index < -0.39 is 0 Å². The predicted molar refractivity (Wildman–Crippen MR) is 88.5 cm³/mol. The van der Waals surface area contributed by atoms with Crippen LogP contribution in [0.15, 0.2) is 71.1 Å². The lowest BCUT2D eigenvalue weighted by molar-refractivity contribution is 0.620. The third-order valence-electron chi connectivity index (χ3n) is 3.74. The Morgan fingerprint density at radius 3 is 2.32 bits per heavy atom. The summed E-state index contributed by atoms with van der Waals surface area (Å²) in [5.74, 6) is 0.644. The van der Waals surface area contributed by atoms with Gasteiger partial charge in [-0.25, -0.2) is 4.98 Å². The maximum atomic E-state index is 5.84. The van der Waals surface area contributed by atoms with E-state index >= 15 is 0 Å². The Balaban J connectivity index is 1.80. The molecule has 1 radical (unpaired) electrons. The summed E-state index contributed by atoms with van der Waals surface area (Å²) >= 11 is 0. The van der Waals surface area contributed by atoms with Crippen LogP contribution in [0.2, 0.25) is 0 Å². The van der Waals surface area contributed by atoms with E-state index in [1.165, 1.54) is 11.1 Å². The molecule has 0 spiro atoms. The van der Waals surface area contributed by atoms with E-state index in [2.05, 4.69) is 54.4 Å². The highest BCUT2D eigenvalue weighted by Crippen LogP contribution is 2.28. The normalized spacial score (nSPS) is 11.0. The molecule has 0 N–H and O–H groups in total. The van der Waals surface area contributed by atoms with Crippen LogP contribution in [0.25, 0.3) is 33.7 Å². The van der Waals surface area contributed by atoms with Gasteiger partial charge in [-0.05, 0) is 48.4 Å². The highest BCUT2D eigenvalue weighted by atomic mass is 16.3. The van der Waals surface area contributed by atoms with Crippen LogP contribution in [-0.4, -0.2) is 4.98 Å². The highest BCUT2D eigenvalue weighted by molar-refractivity contribution is 5.82. The molecule has 1 aromatic heterocycles. The smallest absolute Gasteiger partial charge is 0.227 e. The van der Waals surface area contributed by atoms with Crippen LogP contribution in [0.5, 0.6) is 0 Å². The van der Waals surface area contributed by atoms with Crippen molar-refractivity contribution in [2.75, 3.05) is 0 Å². The lowest BCUT2D eigenvalue weighted by Crippen LogP contribution is -1.79. The zero-order valence-corrected chi connectivity index (χ0v) is 12.2. The zero-order valence-electron chi connectivity index (χ0n) is 12.2. The second kappa shape index (κ2) is 5.15. The number of fused-ring (bicyclic) bond motifs is 1. The van der Waals surface area contributed by atoms with E-state index in [4.69, 9.17) is 4.42 Å². The SMILES string of the molecule is Cc1ccc(-c2ccc3oc(-c4cc[c]cc4)nc3c2)cc1. The Bertz CT molecular complexity index is 921. The Kier molecular flexibility index (Phi) is 3.01. The molecule has 0 aliphatic carbocycles. The molecular weight excluding hydrogens is 270 g/mol. The monoisotopic (exact) mass is 284 g/mol. The first kappa shape index (κ1) is 12.8. The molecule has 3 aromatic carbocycles. The fourth-order valence-corrected chi connectivity index (χ4v) is 2.51. The van der Waals surface area contributed by atoms with Crippen LogP contribution in [0.3, 0.4) is 0 Å². The number of hydrogen-bond donors (Lipinski definition) is 0. The van der Waals surface area contributed by atoms with Crippen molar-refractivity contribution < 1.29 is 4.42 Å². The molecular formula is C20H14NO. The summed E-state index contributed by atoms with van der Waals surface area (Å²) in [5, 5.41) is 0. The Morgan fingerprint density at radius 1 is 0.818 bits per heavy atom. The number of benzene rings is 3. The van der Waals surface area contributed by atoms with Gasteiger partial charge in [0.2, 0.25) is 5.89 Å². The maximum absolute atomic E-state index is 5.84. The minimum absolute atomic E-state index is 0.644. The van der Waals surface area contributed by atoms with Gasteiger partial charge in [0.15, 0.2) is 5.58 Å². The van der Waals surface area contributed by atoms with Crippen LogP contribution in [-0.2, 0) is 0 Å². The first-order valence-electron chi connectivity index (χ1n) is 7.24. The van der Waals surface area contributed by atoms with E-state index in [-0.39, 0.29) is 0 Å². The van der Waals surface area contributed by atoms with Crippen molar-refractivity contribution in [2.45, 2.75) is 6.92 Å². The molecule has 0 atom stereocenters. The average molecular weight is 284 g/mol. The number of nitrogens with zero attached hydrogens (tertiary/aromatic N) is 1. The molecule has 0 aliphatic rings. The molecule has 1 heterocycles. The van der Waals surface area contributed by atoms with E-state index in [0.717, 1.165) is 22.2 Å². The van der Waals surface area contributed by atoms with Crippen molar-refractivity contribution >= 4 is 11.1 Å². The molecule has 4 rings (SSSR count). The van der Waals surface area contributed by atoms with E-state index in [1.54, 1.807) is 0 Å². The summed E-state index contributed by atoms with van der Waals surface area (Å²) in [6, 6.07) is 25.2. The van der Waals surface area contributed by atoms with Gasteiger partial charge in [0.25, 0.3) is 0 Å². The molecule has 0 bridgehead atoms. The standard InChI is InChI=1S/C20H14NO/c1-14-7-9-15(10-8-14)17-11-12-19-18(13-17)21-20(22-19)16-5-3-2-4-6-16/h3-13H,1H3. The van der Waals surface area contributed by atoms with Gasteiger partial charge in [0.1, 0.15) is 5.52 Å². The van der Waals surface area contributed by atoms with Crippen LogP contribution in [0, 0.1) is 13.0 Å². The van der Waals surface area contributed by atoms with E-state index in [1.807, 2.05) is 30.3 Å². The highest BCUT2D eigenvalue weighted by Gasteiger charge is 2.09. The molecule has 4 aromatic rings. The van der Waals surface area contributed by atoms with Crippen molar-refractivity contribution in [3.8, 4) is 22.6 Å². The first-order valence-corrected chi connectivity index (χ1v) is 7.24. The van der Waals surface area contributed by atoms with Gasteiger partial charge in [0, 0.05) is 5.56 Å². The number of hydrogen-bond acceptors (Lipinski definition) is 2. The summed E-state index contributed by atoms with van der Waals surface area (Å²) < 4.78 is 5.84. The predicted octanol–water partition coefficient (Wildman–Crippen LogP) is 5.27. The Labute approximate surface area is 129 Å². The Morgan fingerprint density at radius 2 is 1.55 bits per heavy atom. The summed E-state index contributed by atoms with van der Waals surface area (Å²) in [5.41, 5.74) is 6.24. The fourth-order valence-electron chi connectivity index (χ4n) is 2.51. The molecule has 105 valence electrons. The molecule has 2 heteroatoms. The van der Waals surface area contributed by atoms with Gasteiger partial charge in [-0.15, -0.1) is 0 Å². The topological polar surface area (TPSA) is 26.0 Å². The van der Waals surface area contributed by atoms with Gasteiger partial charge in [-0.3, -0.25) is 0 Å². The van der Waals surface area contributed by atoms with Crippen molar-refractivity contribution in [1.29, 1.82) is 0 Å². The average Bonchev–Trinajstić information content (AvgIpc) is 2.99. The quantitative estimate of drug-likeness (QED) is 0.501. The minimum Gasteiger partial charge on any atom is -0.436 e. The lowest BCUT2D eigenvalue weighted by Gasteiger charge is -2.01. The maximum Gasteiger partial charge on any atom is 0.227 e. The Hall–Kier alpha value is -2.87. The van der Waals surface area contributed by atoms with Crippen molar-refractivity contribution in [1.82, 2.24) is 4.98 Å². The second-order valence-electron chi connectivity index (χ2n) is 5.36. The minimum atomic E-state index is 0.644. The number of aryl methyl sites for hydroxylation is 1. The largest absolute Gasteiger partial charge is 0.436 e. The number of rotatable bonds is 2. The second-order valence-corrected chi connectivity index (χ2v) is 5.36. The molecule has 0 fully saturated rings. The van der Waals surface area contributed by atoms with Crippen LogP contribution in [0.4, 0.5) is 0 Å². The third-order valence-corrected chi connectivity index (χ3v) is 3.74. The molecule has 0 aliphatic heterocycles. The number of aromatic nitrogens is 1. The summed E-state index contributed by atoms with van der Waals surface area (Å²) in [7, 11) is 0. The zero-order chi connectivity index (χ0) is 14.9. The molecule has 0 saturated carbocycles. The molecule has 0 amide bonds. The number of oxazole rings is 1. The van der Waals surface area contributed by atoms with Gasteiger partial charge in [-0.1, -0.05) is 48.0 Å². The first-order chi connectivity index (χ1) is 10.8.